The molecule has 6 nitrogen and oxygen atoms in total. The minimum absolute atomic E-state index is 0.0445. The summed E-state index contributed by atoms with van der Waals surface area (Å²) in [6, 6.07) is 10.3. The largest absolute Gasteiger partial charge is 0.490 e. The lowest BCUT2D eigenvalue weighted by Crippen LogP contribution is -2.42. The first-order valence-electron chi connectivity index (χ1n) is 9.01. The Morgan fingerprint density at radius 3 is 2.32 bits per heavy atom. The number of hydrogen-bond acceptors (Lipinski definition) is 4. The van der Waals surface area contributed by atoms with Crippen LogP contribution in [0.15, 0.2) is 45.8 Å². The van der Waals surface area contributed by atoms with Crippen LogP contribution in [0.25, 0.3) is 0 Å². The standard InChI is InChI=1S/C20H23BrN2O4S/c1-13-4-3-5-14(2)19(13)27-15-8-10-23(11-9-15)20(24)17-12-16(28(22,25)26)6-7-18(17)21/h3-7,12,15H,8-11H2,1-2H3,(H2,22,25,26). The molecule has 1 fully saturated rings. The summed E-state index contributed by atoms with van der Waals surface area (Å²) in [5, 5.41) is 5.19. The van der Waals surface area contributed by atoms with E-state index in [1.165, 1.54) is 18.2 Å². The zero-order valence-electron chi connectivity index (χ0n) is 15.8. The van der Waals surface area contributed by atoms with Gasteiger partial charge in [-0.25, -0.2) is 13.6 Å². The van der Waals surface area contributed by atoms with E-state index < -0.39 is 10.0 Å². The van der Waals surface area contributed by atoms with Crippen molar-refractivity contribution < 1.29 is 17.9 Å². The number of para-hydroxylation sites is 1. The fourth-order valence-corrected chi connectivity index (χ4v) is 4.30. The average molecular weight is 467 g/mol. The maximum Gasteiger partial charge on any atom is 0.255 e. The van der Waals surface area contributed by atoms with Gasteiger partial charge in [0, 0.05) is 30.4 Å². The number of carbonyl (C=O) groups excluding carboxylic acids is 1. The third-order valence-electron chi connectivity index (χ3n) is 4.92. The molecule has 0 aromatic heterocycles. The van der Waals surface area contributed by atoms with Crippen molar-refractivity contribution >= 4 is 31.9 Å². The molecule has 1 heterocycles. The van der Waals surface area contributed by atoms with Gasteiger partial charge in [0.1, 0.15) is 11.9 Å². The van der Waals surface area contributed by atoms with Crippen molar-refractivity contribution in [3.63, 3.8) is 0 Å². The summed E-state index contributed by atoms with van der Waals surface area (Å²) in [7, 11) is -3.87. The van der Waals surface area contributed by atoms with Gasteiger partial charge >= 0.3 is 0 Å². The quantitative estimate of drug-likeness (QED) is 0.747. The number of benzene rings is 2. The van der Waals surface area contributed by atoms with Crippen LogP contribution in [0.1, 0.15) is 34.3 Å². The number of likely N-dealkylation sites (tertiary alicyclic amines) is 1. The molecule has 1 amide bonds. The van der Waals surface area contributed by atoms with Crippen molar-refractivity contribution in [3.8, 4) is 5.75 Å². The molecule has 0 aliphatic carbocycles. The summed E-state index contributed by atoms with van der Waals surface area (Å²) >= 11 is 3.33. The number of sulfonamides is 1. The molecular weight excluding hydrogens is 444 g/mol. The highest BCUT2D eigenvalue weighted by Crippen LogP contribution is 2.28. The number of rotatable bonds is 4. The Labute approximate surface area is 173 Å². The van der Waals surface area contributed by atoms with E-state index in [1.807, 2.05) is 32.0 Å². The van der Waals surface area contributed by atoms with Crippen LogP contribution in [-0.2, 0) is 10.0 Å². The van der Waals surface area contributed by atoms with Crippen LogP contribution in [0.4, 0.5) is 0 Å². The molecule has 0 unspecified atom stereocenters. The van der Waals surface area contributed by atoms with E-state index in [-0.39, 0.29) is 16.9 Å². The third-order valence-corrected chi connectivity index (χ3v) is 6.52. The van der Waals surface area contributed by atoms with Gasteiger partial charge in [0.2, 0.25) is 10.0 Å². The second-order valence-corrected chi connectivity index (χ2v) is 9.43. The zero-order chi connectivity index (χ0) is 20.5. The van der Waals surface area contributed by atoms with Crippen molar-refractivity contribution in [1.82, 2.24) is 4.90 Å². The van der Waals surface area contributed by atoms with E-state index in [1.54, 1.807) is 4.90 Å². The Bertz CT molecular complexity index is 979. The average Bonchev–Trinajstić information content (AvgIpc) is 2.64. The fourth-order valence-electron chi connectivity index (χ4n) is 3.34. The van der Waals surface area contributed by atoms with Crippen LogP contribution < -0.4 is 9.88 Å². The predicted molar refractivity (Wildman–Crippen MR) is 111 cm³/mol. The minimum Gasteiger partial charge on any atom is -0.490 e. The van der Waals surface area contributed by atoms with Crippen molar-refractivity contribution in [2.45, 2.75) is 37.7 Å². The van der Waals surface area contributed by atoms with Crippen molar-refractivity contribution in [2.24, 2.45) is 5.14 Å². The summed E-state index contributed by atoms with van der Waals surface area (Å²) in [4.78, 5) is 14.5. The zero-order valence-corrected chi connectivity index (χ0v) is 18.2. The molecule has 0 radical (unpaired) electrons. The smallest absolute Gasteiger partial charge is 0.255 e. The molecule has 3 rings (SSSR count). The number of piperidine rings is 1. The molecule has 0 spiro atoms. The molecule has 28 heavy (non-hydrogen) atoms. The highest BCUT2D eigenvalue weighted by Gasteiger charge is 2.27. The topological polar surface area (TPSA) is 89.7 Å². The molecule has 0 saturated carbocycles. The number of hydrogen-bond donors (Lipinski definition) is 1. The van der Waals surface area contributed by atoms with Gasteiger partial charge in [0.05, 0.1) is 10.5 Å². The first-order chi connectivity index (χ1) is 13.2. The third kappa shape index (κ3) is 4.56. The lowest BCUT2D eigenvalue weighted by molar-refractivity contribution is 0.0592. The van der Waals surface area contributed by atoms with Crippen LogP contribution in [0.5, 0.6) is 5.75 Å². The molecule has 1 saturated heterocycles. The van der Waals surface area contributed by atoms with E-state index in [0.717, 1.165) is 16.9 Å². The summed E-state index contributed by atoms with van der Waals surface area (Å²) in [5.74, 6) is 0.693. The molecule has 0 atom stereocenters. The number of carbonyl (C=O) groups is 1. The Morgan fingerprint density at radius 1 is 1.14 bits per heavy atom. The highest BCUT2D eigenvalue weighted by molar-refractivity contribution is 9.10. The lowest BCUT2D eigenvalue weighted by atomic mass is 10.1. The Balaban J connectivity index is 1.69. The Morgan fingerprint density at radius 2 is 1.75 bits per heavy atom. The number of nitrogens with two attached hydrogens (primary N) is 1. The SMILES string of the molecule is Cc1cccc(C)c1OC1CCN(C(=O)c2cc(S(N)(=O)=O)ccc2Br)CC1. The van der Waals surface area contributed by atoms with Crippen LogP contribution in [0.3, 0.4) is 0 Å². The van der Waals surface area contributed by atoms with Crippen molar-refractivity contribution in [2.75, 3.05) is 13.1 Å². The maximum atomic E-state index is 12.9. The fraction of sp³-hybridized carbons (Fsp3) is 0.350. The van der Waals surface area contributed by atoms with Gasteiger partial charge in [-0.05, 0) is 59.1 Å². The van der Waals surface area contributed by atoms with Gasteiger partial charge in [-0.1, -0.05) is 18.2 Å². The molecule has 1 aliphatic heterocycles. The summed E-state index contributed by atoms with van der Waals surface area (Å²) in [5.41, 5.74) is 2.49. The maximum absolute atomic E-state index is 12.9. The second kappa shape index (κ2) is 8.23. The predicted octanol–water partition coefficient (Wildman–Crippen LogP) is 3.40. The van der Waals surface area contributed by atoms with Gasteiger partial charge in [-0.3, -0.25) is 4.79 Å². The van der Waals surface area contributed by atoms with Gasteiger partial charge in [0.15, 0.2) is 0 Å². The van der Waals surface area contributed by atoms with Crippen LogP contribution in [-0.4, -0.2) is 38.4 Å². The summed E-state index contributed by atoms with van der Waals surface area (Å²) in [6.07, 6.45) is 1.47. The van der Waals surface area contributed by atoms with Gasteiger partial charge < -0.3 is 9.64 Å². The number of nitrogens with zero attached hydrogens (tertiary/aromatic N) is 1. The number of aryl methyl sites for hydroxylation is 2. The van der Waals surface area contributed by atoms with E-state index in [4.69, 9.17) is 9.88 Å². The number of primary sulfonamides is 1. The molecule has 0 bridgehead atoms. The van der Waals surface area contributed by atoms with Crippen molar-refractivity contribution in [3.05, 3.63) is 57.6 Å². The molecule has 8 heteroatoms. The molecule has 150 valence electrons. The van der Waals surface area contributed by atoms with E-state index in [2.05, 4.69) is 15.9 Å². The summed E-state index contributed by atoms with van der Waals surface area (Å²) < 4.78 is 29.9. The van der Waals surface area contributed by atoms with Crippen molar-refractivity contribution in [1.29, 1.82) is 0 Å². The normalized spacial score (nSPS) is 15.5. The van der Waals surface area contributed by atoms with E-state index in [9.17, 15) is 13.2 Å². The summed E-state index contributed by atoms with van der Waals surface area (Å²) in [6.45, 7) is 5.13. The lowest BCUT2D eigenvalue weighted by Gasteiger charge is -2.33. The number of halogens is 1. The molecule has 2 aromatic carbocycles. The second-order valence-electron chi connectivity index (χ2n) is 7.02. The van der Waals surface area contributed by atoms with Gasteiger partial charge in [-0.15, -0.1) is 0 Å². The molecular formula is C20H23BrN2O4S. The van der Waals surface area contributed by atoms with E-state index in [0.29, 0.717) is 36.0 Å². The van der Waals surface area contributed by atoms with Crippen LogP contribution >= 0.6 is 15.9 Å². The monoisotopic (exact) mass is 466 g/mol. The molecule has 2 aromatic rings. The van der Waals surface area contributed by atoms with Crippen LogP contribution in [0.2, 0.25) is 0 Å². The number of ether oxygens (including phenoxy) is 1. The molecule has 1 aliphatic rings. The highest BCUT2D eigenvalue weighted by atomic mass is 79.9. The van der Waals surface area contributed by atoms with Crippen LogP contribution in [0, 0.1) is 13.8 Å². The first kappa shape index (κ1) is 20.8. The first-order valence-corrected chi connectivity index (χ1v) is 11.4. The van der Waals surface area contributed by atoms with Gasteiger partial charge in [-0.2, -0.15) is 0 Å². The molecule has 2 N–H and O–H groups in total. The van der Waals surface area contributed by atoms with E-state index >= 15 is 0 Å². The Hall–Kier alpha value is -1.90. The van der Waals surface area contributed by atoms with Gasteiger partial charge in [0.25, 0.3) is 5.91 Å². The Kier molecular flexibility index (Phi) is 6.12. The minimum atomic E-state index is -3.87. The number of amides is 1.